The van der Waals surface area contributed by atoms with Gasteiger partial charge in [0, 0.05) is 11.1 Å². The molecule has 0 aromatic heterocycles. The predicted octanol–water partition coefficient (Wildman–Crippen LogP) is -6.42. The maximum Gasteiger partial charge on any atom is 1.00 e. The Labute approximate surface area is 557 Å². The fourth-order valence-electron chi connectivity index (χ4n) is 7.91. The summed E-state index contributed by atoms with van der Waals surface area (Å²) < 4.78 is 160. The molecule has 82 heavy (non-hydrogen) atoms. The molecule has 0 unspecified atom stereocenters. The van der Waals surface area contributed by atoms with Crippen LogP contribution in [0.1, 0.15) is 66.4 Å². The van der Waals surface area contributed by atoms with Crippen molar-refractivity contribution in [2.45, 2.75) is 23.6 Å². The van der Waals surface area contributed by atoms with Crippen molar-refractivity contribution < 1.29 is 199 Å². The van der Waals surface area contributed by atoms with Crippen molar-refractivity contribution in [2.75, 3.05) is 34.7 Å². The van der Waals surface area contributed by atoms with Crippen LogP contribution in [0.15, 0.2) is 151 Å². The van der Waals surface area contributed by atoms with E-state index in [4.69, 9.17) is 9.47 Å². The number of hydrogen-bond acceptors (Lipinski definition) is 22. The molecule has 32 heteroatoms. The van der Waals surface area contributed by atoms with E-state index in [-0.39, 0.29) is 165 Å². The number of carbonyl (C=O) groups is 4. The molecule has 24 nitrogen and oxygen atoms in total. The standard InChI is InChI=1S/C50H40N6O18S4.4Na/c1-3-73-39-21-29(15-17-35(39)53-55-45-41(77(67,68)69)23-31-19-33(75(61,62)63)25-37(43(31)47(45)57)51-49(59)27-11-7-5-8-12-27)30-16-18-36(40(22-30)74-4-2)54-56-46-42(78(70,71)72)24-32-20-34(76(64,65)66)26-38(44(32)48(46)58)52-50(60)28-13-9-6-10-14-28;;;;/h5-26,53-54H,3-4H2,1-2H3,(H,51,59)(H,52,60)(H,61,62,63)(H,64,65,66)(H,67,68,69)(H,70,71,72);;;;/q;4*+1/p-4. The van der Waals surface area contributed by atoms with E-state index in [0.717, 1.165) is 0 Å². The zero-order valence-electron chi connectivity index (χ0n) is 44.0. The average molecular weight is 1230 g/mol. The van der Waals surface area contributed by atoms with Crippen molar-refractivity contribution in [1.29, 1.82) is 0 Å². The molecule has 0 bridgehead atoms. The van der Waals surface area contributed by atoms with Gasteiger partial charge < -0.3 is 38.3 Å². The Morgan fingerprint density at radius 2 is 0.805 bits per heavy atom. The SMILES string of the molecule is CCOc1cc(-c2ccc(NN=C3C(=O)c4c(cc(S(=O)(=O)[O-])cc4NC(=O)c4ccccc4)C=C3S(=O)(=O)[O-])c(OCC)c2)ccc1NN=C1C(=O)c2c(cc(S(=O)(=O)[O-])cc2NC(=O)c2ccccc2)C=C1S(=O)(=O)[O-].[Na+].[Na+].[Na+].[Na+]. The molecule has 2 aliphatic carbocycles. The summed E-state index contributed by atoms with van der Waals surface area (Å²) in [5.74, 6) is -4.15. The van der Waals surface area contributed by atoms with E-state index < -0.39 is 129 Å². The maximum atomic E-state index is 14.2. The minimum absolute atomic E-state index is 0. The van der Waals surface area contributed by atoms with Crippen LogP contribution < -0.4 is 149 Å². The summed E-state index contributed by atoms with van der Waals surface area (Å²) in [6, 6.07) is 26.4. The van der Waals surface area contributed by atoms with Crippen LogP contribution in [0.5, 0.6) is 11.5 Å². The molecule has 0 heterocycles. The van der Waals surface area contributed by atoms with Crippen LogP contribution in [0.25, 0.3) is 23.3 Å². The van der Waals surface area contributed by atoms with Crippen LogP contribution >= 0.6 is 0 Å². The number of ketones is 2. The third-order valence-electron chi connectivity index (χ3n) is 11.4. The number of carbonyl (C=O) groups excluding carboxylic acids is 4. The topological polar surface area (TPSA) is 388 Å². The first-order valence-electron chi connectivity index (χ1n) is 22.4. The third kappa shape index (κ3) is 16.0. The van der Waals surface area contributed by atoms with Crippen molar-refractivity contribution in [1.82, 2.24) is 0 Å². The molecule has 6 aromatic carbocycles. The minimum Gasteiger partial charge on any atom is -0.744 e. The molecule has 402 valence electrons. The summed E-state index contributed by atoms with van der Waals surface area (Å²) in [7, 11) is -21.7. The van der Waals surface area contributed by atoms with Gasteiger partial charge in [-0.2, -0.15) is 10.2 Å². The molecule has 0 radical (unpaired) electrons. The smallest absolute Gasteiger partial charge is 0.744 e. The summed E-state index contributed by atoms with van der Waals surface area (Å²) in [5, 5.41) is 12.7. The maximum absolute atomic E-state index is 14.2. The predicted molar refractivity (Wildman–Crippen MR) is 278 cm³/mol. The summed E-state index contributed by atoms with van der Waals surface area (Å²) in [6.07, 6.45) is 1.28. The van der Waals surface area contributed by atoms with Crippen LogP contribution in [-0.2, 0) is 40.5 Å². The van der Waals surface area contributed by atoms with Gasteiger partial charge in [-0.05, 0) is 121 Å². The Bertz CT molecular complexity index is 3880. The Hall–Kier alpha value is -4.74. The largest absolute Gasteiger partial charge is 1.00 e. The zero-order chi connectivity index (χ0) is 56.5. The van der Waals surface area contributed by atoms with Gasteiger partial charge in [0.25, 0.3) is 11.8 Å². The number of nitrogens with zero attached hydrogens (tertiary/aromatic N) is 2. The second kappa shape index (κ2) is 28.4. The van der Waals surface area contributed by atoms with E-state index >= 15 is 0 Å². The number of Topliss-reactive ketones (excluding diaryl/α,β-unsaturated/α-hetero) is 2. The van der Waals surface area contributed by atoms with Crippen LogP contribution in [-0.4, -0.2) is 99.9 Å². The first-order chi connectivity index (χ1) is 36.8. The number of hydrazone groups is 2. The first kappa shape index (κ1) is 69.8. The average Bonchev–Trinajstić information content (AvgIpc) is 3.39. The molecule has 0 aliphatic heterocycles. The summed E-state index contributed by atoms with van der Waals surface area (Å²) in [4.78, 5) is 50.5. The molecular formula is C50H36N6Na4O18S4. The number of ether oxygens (including phenoxy) is 2. The van der Waals surface area contributed by atoms with E-state index in [1.165, 1.54) is 84.9 Å². The molecule has 2 amide bonds. The van der Waals surface area contributed by atoms with Crippen molar-refractivity contribution in [2.24, 2.45) is 10.2 Å². The van der Waals surface area contributed by atoms with Gasteiger partial charge in [0.1, 0.15) is 63.4 Å². The van der Waals surface area contributed by atoms with Crippen LogP contribution in [0.4, 0.5) is 22.7 Å². The molecule has 4 N–H and O–H groups in total. The number of nitrogens with one attached hydrogen (secondary N) is 4. The number of benzene rings is 6. The fourth-order valence-corrected chi connectivity index (χ4v) is 10.3. The van der Waals surface area contributed by atoms with Crippen LogP contribution in [0.3, 0.4) is 0 Å². The normalized spacial score (nSPS) is 13.9. The van der Waals surface area contributed by atoms with Crippen molar-refractivity contribution >= 4 is 110 Å². The van der Waals surface area contributed by atoms with Crippen LogP contribution in [0.2, 0.25) is 0 Å². The first-order valence-corrected chi connectivity index (χ1v) is 28.1. The van der Waals surface area contributed by atoms with Gasteiger partial charge in [-0.15, -0.1) is 0 Å². The Balaban J connectivity index is 0.00000361. The third-order valence-corrected chi connectivity index (χ3v) is 14.7. The van der Waals surface area contributed by atoms with Crippen molar-refractivity contribution in [3.8, 4) is 22.6 Å². The molecular weight excluding hydrogens is 1190 g/mol. The molecule has 8 rings (SSSR count). The van der Waals surface area contributed by atoms with E-state index in [1.54, 1.807) is 26.0 Å². The van der Waals surface area contributed by atoms with Gasteiger partial charge in [-0.3, -0.25) is 30.0 Å². The quantitative estimate of drug-likeness (QED) is 0.0375. The van der Waals surface area contributed by atoms with Gasteiger partial charge in [-0.1, -0.05) is 48.5 Å². The van der Waals surface area contributed by atoms with E-state index in [2.05, 4.69) is 31.7 Å². The monoisotopic (exact) mass is 1230 g/mol. The Morgan fingerprint density at radius 3 is 1.11 bits per heavy atom. The van der Waals surface area contributed by atoms with E-state index in [1.807, 2.05) is 0 Å². The molecule has 0 spiro atoms. The van der Waals surface area contributed by atoms with Gasteiger partial charge in [0.15, 0.2) is 0 Å². The summed E-state index contributed by atoms with van der Waals surface area (Å²) in [5.41, 5.74) is 0.964. The van der Waals surface area contributed by atoms with Gasteiger partial charge >= 0.3 is 118 Å². The van der Waals surface area contributed by atoms with E-state index in [9.17, 15) is 71.1 Å². The van der Waals surface area contributed by atoms with Gasteiger partial charge in [0.05, 0.1) is 66.7 Å². The Morgan fingerprint density at radius 1 is 0.463 bits per heavy atom. The van der Waals surface area contributed by atoms with E-state index in [0.29, 0.717) is 47.5 Å². The molecule has 0 saturated carbocycles. The number of rotatable bonds is 17. The van der Waals surface area contributed by atoms with Crippen LogP contribution in [0, 0.1) is 0 Å². The Kier molecular flexibility index (Phi) is 24.2. The number of amides is 2. The number of fused-ring (bicyclic) bond motifs is 2. The minimum atomic E-state index is -5.57. The van der Waals surface area contributed by atoms with Gasteiger partial charge in [-0.25, -0.2) is 33.7 Å². The second-order valence-electron chi connectivity index (χ2n) is 16.4. The molecule has 2 aliphatic rings. The fraction of sp³-hybridized carbons (Fsp3) is 0.0800. The van der Waals surface area contributed by atoms with Gasteiger partial charge in [0.2, 0.25) is 11.6 Å². The summed E-state index contributed by atoms with van der Waals surface area (Å²) >= 11 is 0. The number of allylic oxidation sites excluding steroid dienone is 2. The number of hydrogen-bond donors (Lipinski definition) is 4. The molecule has 6 aromatic rings. The summed E-state index contributed by atoms with van der Waals surface area (Å²) in [6.45, 7) is 3.30. The van der Waals surface area contributed by atoms with Crippen molar-refractivity contribution in [3.63, 3.8) is 0 Å². The zero-order valence-corrected chi connectivity index (χ0v) is 55.3. The van der Waals surface area contributed by atoms with Crippen molar-refractivity contribution in [3.05, 3.63) is 165 Å². The molecule has 0 saturated heterocycles. The number of anilines is 4. The second-order valence-corrected chi connectivity index (χ2v) is 21.9. The molecule has 0 atom stereocenters. The molecule has 0 fully saturated rings.